The average molecular weight is 479 g/mol. The topological polar surface area (TPSA) is 75.7 Å². The Balaban J connectivity index is 1.62. The van der Waals surface area contributed by atoms with Crippen molar-refractivity contribution in [3.63, 3.8) is 0 Å². The first-order valence-corrected chi connectivity index (χ1v) is 13.0. The zero-order chi connectivity index (χ0) is 23.8. The minimum atomic E-state index is -3.96. The smallest absolute Gasteiger partial charge is 0.244 e. The largest absolute Gasteiger partial charge is 0.487 e. The lowest BCUT2D eigenvalue weighted by Crippen LogP contribution is -2.51. The highest BCUT2D eigenvalue weighted by atomic mass is 32.2. The van der Waals surface area contributed by atoms with Crippen LogP contribution < -0.4 is 14.4 Å². The number of ether oxygens (including phenoxy) is 1. The van der Waals surface area contributed by atoms with Gasteiger partial charge in [0.15, 0.2) is 11.6 Å². The van der Waals surface area contributed by atoms with Gasteiger partial charge in [-0.25, -0.2) is 17.2 Å². The van der Waals surface area contributed by atoms with Gasteiger partial charge >= 0.3 is 0 Å². The number of hydrogen-bond acceptors (Lipinski definition) is 4. The molecule has 1 aliphatic carbocycles. The SMILES string of the molecule is C[C@@H](C(=O)N[C@@H]1CC2(CCCCC2)Oc2ccccc21)N(c1ccc(F)c(F)c1)S(C)(=O)=O. The molecule has 2 aromatic carbocycles. The summed E-state index contributed by atoms with van der Waals surface area (Å²) in [7, 11) is -3.96. The van der Waals surface area contributed by atoms with Crippen molar-refractivity contribution in [3.05, 3.63) is 59.7 Å². The monoisotopic (exact) mass is 478 g/mol. The Bertz CT molecular complexity index is 1150. The number of nitrogens with zero attached hydrogens (tertiary/aromatic N) is 1. The van der Waals surface area contributed by atoms with Crippen LogP contribution in [0.5, 0.6) is 5.75 Å². The van der Waals surface area contributed by atoms with Crippen molar-refractivity contribution in [1.29, 1.82) is 0 Å². The van der Waals surface area contributed by atoms with Crippen LogP contribution in [-0.2, 0) is 14.8 Å². The molecule has 9 heteroatoms. The molecule has 1 spiro atoms. The summed E-state index contributed by atoms with van der Waals surface area (Å²) in [6, 6.07) is 8.77. The van der Waals surface area contributed by atoms with E-state index in [1.807, 2.05) is 24.3 Å². The molecule has 2 atom stereocenters. The van der Waals surface area contributed by atoms with E-state index in [4.69, 9.17) is 4.74 Å². The van der Waals surface area contributed by atoms with Gasteiger partial charge < -0.3 is 10.1 Å². The predicted molar refractivity (Wildman–Crippen MR) is 122 cm³/mol. The second-order valence-corrected chi connectivity index (χ2v) is 10.8. The van der Waals surface area contributed by atoms with Crippen molar-refractivity contribution >= 4 is 21.6 Å². The second-order valence-electron chi connectivity index (χ2n) is 8.98. The Morgan fingerprint density at radius 1 is 1.12 bits per heavy atom. The zero-order valence-electron chi connectivity index (χ0n) is 18.7. The fourth-order valence-corrected chi connectivity index (χ4v) is 6.14. The summed E-state index contributed by atoms with van der Waals surface area (Å²) in [5.41, 5.74) is 0.368. The number of fused-ring (bicyclic) bond motifs is 1. The number of amides is 1. The van der Waals surface area contributed by atoms with Crippen LogP contribution in [0, 0.1) is 11.6 Å². The molecule has 1 N–H and O–H groups in total. The van der Waals surface area contributed by atoms with Crippen LogP contribution in [0.25, 0.3) is 0 Å². The third-order valence-electron chi connectivity index (χ3n) is 6.52. The number of nitrogens with one attached hydrogen (secondary N) is 1. The Morgan fingerprint density at radius 2 is 1.82 bits per heavy atom. The minimum absolute atomic E-state index is 0.116. The first-order chi connectivity index (χ1) is 15.6. The molecule has 2 aromatic rings. The normalized spacial score (nSPS) is 20.4. The number of halogens is 2. The van der Waals surface area contributed by atoms with E-state index in [1.54, 1.807) is 0 Å². The van der Waals surface area contributed by atoms with Gasteiger partial charge in [0.1, 0.15) is 17.4 Å². The van der Waals surface area contributed by atoms with E-state index < -0.39 is 33.6 Å². The number of carbonyl (C=O) groups excluding carboxylic acids is 1. The Morgan fingerprint density at radius 3 is 2.48 bits per heavy atom. The lowest BCUT2D eigenvalue weighted by molar-refractivity contribution is -0.123. The first-order valence-electron chi connectivity index (χ1n) is 11.1. The standard InChI is InChI=1S/C24H28F2N2O4S/c1-16(28(33(2,30)31)17-10-11-19(25)20(26)14-17)23(29)27-21-15-24(12-6-3-7-13-24)32-22-9-5-4-8-18(21)22/h4-5,8-11,14,16,21H,3,6-7,12-13,15H2,1-2H3,(H,27,29)/t16-,21+/m0/s1. The van der Waals surface area contributed by atoms with Crippen LogP contribution in [0.4, 0.5) is 14.5 Å². The van der Waals surface area contributed by atoms with Crippen LogP contribution in [0.15, 0.2) is 42.5 Å². The second kappa shape index (κ2) is 8.93. The van der Waals surface area contributed by atoms with Gasteiger partial charge in [-0.1, -0.05) is 24.6 Å². The molecule has 1 saturated carbocycles. The molecule has 0 saturated heterocycles. The maximum Gasteiger partial charge on any atom is 0.244 e. The molecule has 0 bridgehead atoms. The van der Waals surface area contributed by atoms with Crippen LogP contribution in [0.2, 0.25) is 0 Å². The summed E-state index contributed by atoms with van der Waals surface area (Å²) >= 11 is 0. The lowest BCUT2D eigenvalue weighted by atomic mass is 9.77. The molecule has 1 aliphatic heterocycles. The third-order valence-corrected chi connectivity index (χ3v) is 7.77. The van der Waals surface area contributed by atoms with Crippen LogP contribution in [-0.4, -0.2) is 32.2 Å². The van der Waals surface area contributed by atoms with Gasteiger partial charge in [-0.15, -0.1) is 0 Å². The van der Waals surface area contributed by atoms with Crippen LogP contribution >= 0.6 is 0 Å². The number of carbonyl (C=O) groups is 1. The van der Waals surface area contributed by atoms with Gasteiger partial charge in [-0.2, -0.15) is 0 Å². The van der Waals surface area contributed by atoms with Crippen LogP contribution in [0.1, 0.15) is 57.1 Å². The van der Waals surface area contributed by atoms with E-state index in [9.17, 15) is 22.0 Å². The Kier molecular flexibility index (Phi) is 6.35. The number of sulfonamides is 1. The molecule has 1 fully saturated rings. The number of benzene rings is 2. The number of anilines is 1. The van der Waals surface area contributed by atoms with Crippen molar-refractivity contribution in [2.45, 2.75) is 63.1 Å². The first kappa shape index (κ1) is 23.5. The highest BCUT2D eigenvalue weighted by molar-refractivity contribution is 7.92. The molecule has 178 valence electrons. The zero-order valence-corrected chi connectivity index (χ0v) is 19.5. The highest BCUT2D eigenvalue weighted by Gasteiger charge is 2.43. The number of para-hydroxylation sites is 1. The Labute approximate surface area is 193 Å². The van der Waals surface area contributed by atoms with Crippen molar-refractivity contribution < 1.29 is 26.7 Å². The predicted octanol–water partition coefficient (Wildman–Crippen LogP) is 4.46. The van der Waals surface area contributed by atoms with E-state index in [0.717, 1.165) is 72.2 Å². The summed E-state index contributed by atoms with van der Waals surface area (Å²) in [4.78, 5) is 13.3. The van der Waals surface area contributed by atoms with Gasteiger partial charge in [0.2, 0.25) is 15.9 Å². The molecule has 6 nitrogen and oxygen atoms in total. The molecular formula is C24H28F2N2O4S. The molecule has 1 amide bonds. The molecule has 1 heterocycles. The van der Waals surface area contributed by atoms with E-state index in [0.29, 0.717) is 6.42 Å². The molecule has 4 rings (SSSR count). The van der Waals surface area contributed by atoms with Crippen molar-refractivity contribution in [2.75, 3.05) is 10.6 Å². The highest BCUT2D eigenvalue weighted by Crippen LogP contribution is 2.46. The summed E-state index contributed by atoms with van der Waals surface area (Å²) in [6.45, 7) is 1.43. The maximum absolute atomic E-state index is 13.8. The lowest BCUT2D eigenvalue weighted by Gasteiger charge is -2.45. The quantitative estimate of drug-likeness (QED) is 0.689. The van der Waals surface area contributed by atoms with Gasteiger partial charge in [-0.3, -0.25) is 9.10 Å². The minimum Gasteiger partial charge on any atom is -0.487 e. The summed E-state index contributed by atoms with van der Waals surface area (Å²) in [5.74, 6) is -2.09. The van der Waals surface area contributed by atoms with E-state index in [2.05, 4.69) is 5.32 Å². The van der Waals surface area contributed by atoms with E-state index in [1.165, 1.54) is 6.92 Å². The fourth-order valence-electron chi connectivity index (χ4n) is 4.97. The Hall–Kier alpha value is -2.68. The molecule has 0 radical (unpaired) electrons. The summed E-state index contributed by atoms with van der Waals surface area (Å²) in [6.07, 6.45) is 6.57. The summed E-state index contributed by atoms with van der Waals surface area (Å²) < 4.78 is 59.5. The third kappa shape index (κ3) is 4.83. The van der Waals surface area contributed by atoms with Crippen molar-refractivity contribution in [2.24, 2.45) is 0 Å². The van der Waals surface area contributed by atoms with Gasteiger partial charge in [0, 0.05) is 18.1 Å². The summed E-state index contributed by atoms with van der Waals surface area (Å²) in [5, 5.41) is 3.00. The van der Waals surface area contributed by atoms with Gasteiger partial charge in [0.25, 0.3) is 0 Å². The molecule has 33 heavy (non-hydrogen) atoms. The number of rotatable bonds is 5. The molecule has 0 aromatic heterocycles. The fraction of sp³-hybridized carbons (Fsp3) is 0.458. The van der Waals surface area contributed by atoms with E-state index in [-0.39, 0.29) is 17.3 Å². The van der Waals surface area contributed by atoms with Crippen molar-refractivity contribution in [3.8, 4) is 5.75 Å². The van der Waals surface area contributed by atoms with Gasteiger partial charge in [0.05, 0.1) is 18.0 Å². The van der Waals surface area contributed by atoms with Gasteiger partial charge in [-0.05, 0) is 50.8 Å². The molecular weight excluding hydrogens is 450 g/mol. The molecule has 0 unspecified atom stereocenters. The maximum atomic E-state index is 13.8. The van der Waals surface area contributed by atoms with Crippen LogP contribution in [0.3, 0.4) is 0 Å². The van der Waals surface area contributed by atoms with E-state index >= 15 is 0 Å². The molecule has 2 aliphatic rings. The average Bonchev–Trinajstić information content (AvgIpc) is 2.76. The van der Waals surface area contributed by atoms with Crippen molar-refractivity contribution in [1.82, 2.24) is 5.32 Å². The number of hydrogen-bond donors (Lipinski definition) is 1.